The van der Waals surface area contributed by atoms with Crippen LogP contribution >= 0.6 is 0 Å². The topological polar surface area (TPSA) is 47.6 Å². The van der Waals surface area contributed by atoms with Crippen molar-refractivity contribution in [3.8, 4) is 23.3 Å². The minimum atomic E-state index is 0.411. The fraction of sp³-hybridized carbons (Fsp3) is 0.588. The second-order valence-corrected chi connectivity index (χ2v) is 11.5. The number of nitriles is 2. The summed E-state index contributed by atoms with van der Waals surface area (Å²) in [4.78, 5) is 0. The molecule has 0 aromatic heterocycles. The van der Waals surface area contributed by atoms with Crippen LogP contribution in [0, 0.1) is 34.5 Å². The van der Waals surface area contributed by atoms with E-state index in [9.17, 15) is 10.5 Å². The van der Waals surface area contributed by atoms with E-state index in [-0.39, 0.29) is 0 Å². The molecular formula is C34H44N2. The highest BCUT2D eigenvalue weighted by Crippen LogP contribution is 2.42. The van der Waals surface area contributed by atoms with E-state index in [1.807, 2.05) is 0 Å². The summed E-state index contributed by atoms with van der Waals surface area (Å²) in [7, 11) is 0. The van der Waals surface area contributed by atoms with Gasteiger partial charge in [-0.1, -0.05) is 88.8 Å². The molecule has 0 spiro atoms. The van der Waals surface area contributed by atoms with Crippen LogP contribution in [-0.4, -0.2) is 0 Å². The van der Waals surface area contributed by atoms with E-state index in [1.165, 1.54) is 82.6 Å². The Bertz CT molecular complexity index is 1050. The van der Waals surface area contributed by atoms with Crippen molar-refractivity contribution in [2.24, 2.45) is 11.8 Å². The highest BCUT2D eigenvalue weighted by Gasteiger charge is 2.26. The molecule has 0 unspecified atom stereocenters. The minimum absolute atomic E-state index is 0.411. The highest BCUT2D eigenvalue weighted by molar-refractivity contribution is 5.75. The van der Waals surface area contributed by atoms with Gasteiger partial charge in [0.1, 0.15) is 12.1 Å². The standard InChI is InChI=1S/C34H44N2/c1-3-5-6-8-26-9-13-27(14-10-26)28-17-19-30(20-18-28)32-22-21-31(33(23-35)34(32)24-36)29-15-11-25(7-4-2)12-16-29/h17-22,25-27,29H,3-16H2,1-2H3/t25-,26-,27-,29-. The van der Waals surface area contributed by atoms with Crippen molar-refractivity contribution in [3.05, 3.63) is 58.7 Å². The van der Waals surface area contributed by atoms with Gasteiger partial charge in [-0.2, -0.15) is 10.5 Å². The van der Waals surface area contributed by atoms with E-state index in [0.717, 1.165) is 41.4 Å². The van der Waals surface area contributed by atoms with Crippen LogP contribution in [0.25, 0.3) is 11.1 Å². The highest BCUT2D eigenvalue weighted by atomic mass is 14.3. The number of nitrogens with zero attached hydrogens (tertiary/aromatic N) is 2. The second kappa shape index (κ2) is 13.1. The zero-order chi connectivity index (χ0) is 25.3. The van der Waals surface area contributed by atoms with Crippen LogP contribution in [0.5, 0.6) is 0 Å². The second-order valence-electron chi connectivity index (χ2n) is 11.5. The molecule has 0 bridgehead atoms. The molecule has 0 radical (unpaired) electrons. The fourth-order valence-electron chi connectivity index (χ4n) is 7.01. The summed E-state index contributed by atoms with van der Waals surface area (Å²) in [6.07, 6.45) is 18.2. The predicted octanol–water partition coefficient (Wildman–Crippen LogP) is 10.0. The number of unbranched alkanes of at least 4 members (excludes halogenated alkanes) is 2. The van der Waals surface area contributed by atoms with Crippen LogP contribution in [0.2, 0.25) is 0 Å². The molecule has 0 heterocycles. The van der Waals surface area contributed by atoms with Gasteiger partial charge >= 0.3 is 0 Å². The van der Waals surface area contributed by atoms with Crippen LogP contribution in [0.15, 0.2) is 36.4 Å². The third kappa shape index (κ3) is 6.21. The SMILES string of the molecule is CCCCC[C@H]1CC[C@H](c2ccc(-c3ccc([C@H]4CC[C@H](CCC)CC4)c(C#N)c3C#N)cc2)CC1. The lowest BCUT2D eigenvalue weighted by molar-refractivity contribution is 0.303. The Labute approximate surface area is 219 Å². The van der Waals surface area contributed by atoms with E-state index in [4.69, 9.17) is 0 Å². The Kier molecular flexibility index (Phi) is 9.64. The number of hydrogen-bond acceptors (Lipinski definition) is 2. The number of benzene rings is 2. The molecule has 4 rings (SSSR count). The molecule has 2 saturated carbocycles. The Balaban J connectivity index is 1.46. The summed E-state index contributed by atoms with van der Waals surface area (Å²) < 4.78 is 0. The van der Waals surface area contributed by atoms with Gasteiger partial charge in [0, 0.05) is 5.56 Å². The minimum Gasteiger partial charge on any atom is -0.192 e. The molecule has 36 heavy (non-hydrogen) atoms. The van der Waals surface area contributed by atoms with Crippen molar-refractivity contribution in [2.75, 3.05) is 0 Å². The molecule has 0 amide bonds. The molecule has 2 aliphatic carbocycles. The molecule has 2 heteroatoms. The molecule has 2 aromatic rings. The summed E-state index contributed by atoms with van der Waals surface area (Å²) >= 11 is 0. The number of hydrogen-bond donors (Lipinski definition) is 0. The molecule has 0 atom stereocenters. The van der Waals surface area contributed by atoms with E-state index in [2.05, 4.69) is 62.4 Å². The van der Waals surface area contributed by atoms with Crippen molar-refractivity contribution in [1.29, 1.82) is 10.5 Å². The van der Waals surface area contributed by atoms with Gasteiger partial charge in [0.05, 0.1) is 11.1 Å². The maximum atomic E-state index is 10.1. The van der Waals surface area contributed by atoms with Crippen LogP contribution in [0.4, 0.5) is 0 Å². The zero-order valence-corrected chi connectivity index (χ0v) is 22.6. The molecular weight excluding hydrogens is 436 g/mol. The van der Waals surface area contributed by atoms with Crippen molar-refractivity contribution >= 4 is 0 Å². The molecule has 0 aliphatic heterocycles. The quantitative estimate of drug-likeness (QED) is 0.335. The van der Waals surface area contributed by atoms with Gasteiger partial charge in [-0.25, -0.2) is 0 Å². The number of rotatable bonds is 9. The Morgan fingerprint density at radius 1 is 0.639 bits per heavy atom. The van der Waals surface area contributed by atoms with Crippen molar-refractivity contribution in [2.45, 2.75) is 116 Å². The summed E-state index contributed by atoms with van der Waals surface area (Å²) in [5.41, 5.74) is 5.66. The first kappa shape index (κ1) is 26.5. The predicted molar refractivity (Wildman–Crippen MR) is 150 cm³/mol. The maximum Gasteiger partial charge on any atom is 0.101 e. The van der Waals surface area contributed by atoms with Gasteiger partial charge in [0.15, 0.2) is 0 Å². The Morgan fingerprint density at radius 2 is 1.25 bits per heavy atom. The summed E-state index contributed by atoms with van der Waals surface area (Å²) in [6.45, 7) is 4.55. The first-order chi connectivity index (χ1) is 17.7. The molecule has 2 nitrogen and oxygen atoms in total. The first-order valence-electron chi connectivity index (χ1n) is 14.8. The average molecular weight is 481 g/mol. The monoisotopic (exact) mass is 480 g/mol. The smallest absolute Gasteiger partial charge is 0.101 e. The fourth-order valence-corrected chi connectivity index (χ4v) is 7.01. The van der Waals surface area contributed by atoms with Crippen molar-refractivity contribution in [3.63, 3.8) is 0 Å². The lowest BCUT2D eigenvalue weighted by atomic mass is 9.75. The zero-order valence-electron chi connectivity index (χ0n) is 22.6. The van der Waals surface area contributed by atoms with Gasteiger partial charge in [-0.3, -0.25) is 0 Å². The van der Waals surface area contributed by atoms with E-state index < -0.39 is 0 Å². The van der Waals surface area contributed by atoms with Crippen LogP contribution in [0.1, 0.15) is 138 Å². The van der Waals surface area contributed by atoms with Crippen LogP contribution in [0.3, 0.4) is 0 Å². The molecule has 0 N–H and O–H groups in total. The van der Waals surface area contributed by atoms with Gasteiger partial charge in [0.25, 0.3) is 0 Å². The van der Waals surface area contributed by atoms with Crippen molar-refractivity contribution < 1.29 is 0 Å². The molecule has 190 valence electrons. The summed E-state index contributed by atoms with van der Waals surface area (Å²) in [5.74, 6) is 2.83. The van der Waals surface area contributed by atoms with E-state index in [1.54, 1.807) is 0 Å². The largest absolute Gasteiger partial charge is 0.192 e. The maximum absolute atomic E-state index is 10.1. The first-order valence-corrected chi connectivity index (χ1v) is 14.8. The van der Waals surface area contributed by atoms with E-state index in [0.29, 0.717) is 23.0 Å². The molecule has 2 aliphatic rings. The van der Waals surface area contributed by atoms with Gasteiger partial charge < -0.3 is 0 Å². The van der Waals surface area contributed by atoms with Gasteiger partial charge in [0.2, 0.25) is 0 Å². The molecule has 2 aromatic carbocycles. The lowest BCUT2D eigenvalue weighted by Crippen LogP contribution is -2.14. The molecule has 0 saturated heterocycles. The van der Waals surface area contributed by atoms with Gasteiger partial charge in [-0.15, -0.1) is 0 Å². The normalized spacial score (nSPS) is 24.1. The van der Waals surface area contributed by atoms with Crippen LogP contribution < -0.4 is 0 Å². The Morgan fingerprint density at radius 3 is 1.83 bits per heavy atom. The van der Waals surface area contributed by atoms with Gasteiger partial charge in [-0.05, 0) is 91.7 Å². The third-order valence-corrected chi connectivity index (χ3v) is 9.20. The summed E-state index contributed by atoms with van der Waals surface area (Å²) in [6, 6.07) is 18.0. The van der Waals surface area contributed by atoms with E-state index >= 15 is 0 Å². The lowest BCUT2D eigenvalue weighted by Gasteiger charge is -2.29. The van der Waals surface area contributed by atoms with Crippen LogP contribution in [-0.2, 0) is 0 Å². The third-order valence-electron chi connectivity index (χ3n) is 9.20. The average Bonchev–Trinajstić information content (AvgIpc) is 2.93. The van der Waals surface area contributed by atoms with Crippen molar-refractivity contribution in [1.82, 2.24) is 0 Å². The Hall–Kier alpha value is -2.58. The summed E-state index contributed by atoms with van der Waals surface area (Å²) in [5, 5.41) is 20.2. The molecule has 2 fully saturated rings.